The summed E-state index contributed by atoms with van der Waals surface area (Å²) in [5.41, 5.74) is 0. The monoisotopic (exact) mass is 201 g/mol. The van der Waals surface area contributed by atoms with E-state index < -0.39 is 0 Å². The Bertz CT molecular complexity index is 127. The standard InChI is InChI=1S/C12H27NO/c1-6-7-10(2)8-12(13-4)9-11(3)14-5/h10-13H,6-9H2,1-5H3. The van der Waals surface area contributed by atoms with Gasteiger partial charge in [-0.3, -0.25) is 0 Å². The van der Waals surface area contributed by atoms with E-state index in [1.54, 1.807) is 7.11 Å². The Morgan fingerprint density at radius 1 is 1.21 bits per heavy atom. The molecule has 0 fully saturated rings. The third kappa shape index (κ3) is 6.39. The summed E-state index contributed by atoms with van der Waals surface area (Å²) < 4.78 is 5.28. The molecule has 3 atom stereocenters. The van der Waals surface area contributed by atoms with Gasteiger partial charge in [0, 0.05) is 13.2 Å². The summed E-state index contributed by atoms with van der Waals surface area (Å²) in [5.74, 6) is 0.821. The average molecular weight is 201 g/mol. The van der Waals surface area contributed by atoms with Crippen molar-refractivity contribution in [3.05, 3.63) is 0 Å². The van der Waals surface area contributed by atoms with Crippen LogP contribution in [-0.4, -0.2) is 26.3 Å². The molecule has 0 bridgehead atoms. The van der Waals surface area contributed by atoms with E-state index in [9.17, 15) is 0 Å². The first-order chi connectivity index (χ1) is 6.63. The molecular formula is C12H27NO. The first-order valence-corrected chi connectivity index (χ1v) is 5.84. The van der Waals surface area contributed by atoms with Crippen molar-refractivity contribution in [2.24, 2.45) is 5.92 Å². The Kier molecular flexibility index (Phi) is 8.20. The lowest BCUT2D eigenvalue weighted by atomic mass is 9.94. The van der Waals surface area contributed by atoms with Gasteiger partial charge in [0.25, 0.3) is 0 Å². The van der Waals surface area contributed by atoms with Crippen molar-refractivity contribution in [3.63, 3.8) is 0 Å². The van der Waals surface area contributed by atoms with Crippen molar-refractivity contribution in [2.75, 3.05) is 14.2 Å². The minimum Gasteiger partial charge on any atom is -0.382 e. The van der Waals surface area contributed by atoms with E-state index in [-0.39, 0.29) is 0 Å². The zero-order chi connectivity index (χ0) is 11.0. The van der Waals surface area contributed by atoms with Gasteiger partial charge in [0.2, 0.25) is 0 Å². The zero-order valence-electron chi connectivity index (χ0n) is 10.5. The van der Waals surface area contributed by atoms with Crippen molar-refractivity contribution in [3.8, 4) is 0 Å². The van der Waals surface area contributed by atoms with Gasteiger partial charge in [-0.1, -0.05) is 26.7 Å². The van der Waals surface area contributed by atoms with E-state index >= 15 is 0 Å². The Morgan fingerprint density at radius 3 is 2.29 bits per heavy atom. The van der Waals surface area contributed by atoms with Gasteiger partial charge in [-0.25, -0.2) is 0 Å². The van der Waals surface area contributed by atoms with Crippen LogP contribution < -0.4 is 5.32 Å². The highest BCUT2D eigenvalue weighted by atomic mass is 16.5. The second-order valence-electron chi connectivity index (χ2n) is 4.40. The maximum absolute atomic E-state index is 5.28. The molecule has 0 radical (unpaired) electrons. The minimum atomic E-state index is 0.362. The zero-order valence-corrected chi connectivity index (χ0v) is 10.5. The number of methoxy groups -OCH3 is 1. The second kappa shape index (κ2) is 8.25. The van der Waals surface area contributed by atoms with Crippen LogP contribution in [0, 0.1) is 5.92 Å². The van der Waals surface area contributed by atoms with E-state index in [1.807, 2.05) is 7.05 Å². The van der Waals surface area contributed by atoms with Gasteiger partial charge in [-0.2, -0.15) is 0 Å². The molecule has 0 aromatic heterocycles. The largest absolute Gasteiger partial charge is 0.382 e. The van der Waals surface area contributed by atoms with Gasteiger partial charge in [-0.15, -0.1) is 0 Å². The average Bonchev–Trinajstić information content (AvgIpc) is 2.16. The van der Waals surface area contributed by atoms with E-state index in [2.05, 4.69) is 26.1 Å². The van der Waals surface area contributed by atoms with Crippen molar-refractivity contribution < 1.29 is 4.74 Å². The number of rotatable bonds is 8. The van der Waals surface area contributed by atoms with Gasteiger partial charge in [0.15, 0.2) is 0 Å². The van der Waals surface area contributed by atoms with Crippen molar-refractivity contribution in [1.29, 1.82) is 0 Å². The SMILES string of the molecule is CCCC(C)CC(CC(C)OC)NC. The molecule has 14 heavy (non-hydrogen) atoms. The molecule has 0 rings (SSSR count). The van der Waals surface area contributed by atoms with Crippen LogP contribution in [0.4, 0.5) is 0 Å². The third-order valence-corrected chi connectivity index (χ3v) is 2.90. The molecule has 2 heteroatoms. The Morgan fingerprint density at radius 2 is 1.86 bits per heavy atom. The maximum atomic E-state index is 5.28. The summed E-state index contributed by atoms with van der Waals surface area (Å²) in [6.07, 6.45) is 5.36. The lowest BCUT2D eigenvalue weighted by Crippen LogP contribution is -2.31. The molecule has 1 N–H and O–H groups in total. The quantitative estimate of drug-likeness (QED) is 0.652. The predicted molar refractivity (Wildman–Crippen MR) is 62.6 cm³/mol. The van der Waals surface area contributed by atoms with Crippen LogP contribution in [0.25, 0.3) is 0 Å². The number of hydrogen-bond acceptors (Lipinski definition) is 2. The molecule has 3 unspecified atom stereocenters. The molecule has 0 aliphatic heterocycles. The molecule has 0 saturated heterocycles. The van der Waals surface area contributed by atoms with Gasteiger partial charge < -0.3 is 10.1 Å². The van der Waals surface area contributed by atoms with Crippen LogP contribution in [-0.2, 0) is 4.74 Å². The highest BCUT2D eigenvalue weighted by molar-refractivity contribution is 4.71. The molecule has 0 saturated carbocycles. The summed E-state index contributed by atoms with van der Waals surface area (Å²) in [5, 5.41) is 3.38. The summed E-state index contributed by atoms with van der Waals surface area (Å²) in [7, 11) is 3.83. The first kappa shape index (κ1) is 13.9. The van der Waals surface area contributed by atoms with E-state index in [0.29, 0.717) is 12.1 Å². The summed E-state index contributed by atoms with van der Waals surface area (Å²) >= 11 is 0. The number of nitrogens with one attached hydrogen (secondary N) is 1. The molecule has 0 aliphatic carbocycles. The molecule has 0 heterocycles. The van der Waals surface area contributed by atoms with Gasteiger partial charge in [0.05, 0.1) is 6.10 Å². The Balaban J connectivity index is 3.77. The van der Waals surface area contributed by atoms with Crippen LogP contribution in [0.3, 0.4) is 0 Å². The first-order valence-electron chi connectivity index (χ1n) is 5.84. The molecule has 0 aromatic rings. The van der Waals surface area contributed by atoms with E-state index in [1.165, 1.54) is 19.3 Å². The predicted octanol–water partition coefficient (Wildman–Crippen LogP) is 2.83. The number of ether oxygens (including phenoxy) is 1. The third-order valence-electron chi connectivity index (χ3n) is 2.90. The Labute approximate surface area is 89.4 Å². The van der Waals surface area contributed by atoms with Gasteiger partial charge >= 0.3 is 0 Å². The fraction of sp³-hybridized carbons (Fsp3) is 1.00. The molecule has 2 nitrogen and oxygen atoms in total. The summed E-state index contributed by atoms with van der Waals surface area (Å²) in [6.45, 7) is 6.72. The fourth-order valence-corrected chi connectivity index (χ4v) is 1.93. The van der Waals surface area contributed by atoms with Gasteiger partial charge in [-0.05, 0) is 32.7 Å². The molecule has 0 aliphatic rings. The Hall–Kier alpha value is -0.0800. The van der Waals surface area contributed by atoms with Crippen molar-refractivity contribution in [1.82, 2.24) is 5.32 Å². The van der Waals surface area contributed by atoms with Crippen LogP contribution in [0.15, 0.2) is 0 Å². The molecule has 0 spiro atoms. The smallest absolute Gasteiger partial charge is 0.0558 e. The van der Waals surface area contributed by atoms with Crippen molar-refractivity contribution in [2.45, 2.75) is 58.6 Å². The van der Waals surface area contributed by atoms with E-state index in [4.69, 9.17) is 4.74 Å². The number of hydrogen-bond donors (Lipinski definition) is 1. The summed E-state index contributed by atoms with van der Waals surface area (Å²) in [4.78, 5) is 0. The topological polar surface area (TPSA) is 21.3 Å². The minimum absolute atomic E-state index is 0.362. The van der Waals surface area contributed by atoms with Crippen LogP contribution in [0.2, 0.25) is 0 Å². The molecule has 0 aromatic carbocycles. The normalized spacial score (nSPS) is 17.8. The lowest BCUT2D eigenvalue weighted by Gasteiger charge is -2.22. The lowest BCUT2D eigenvalue weighted by molar-refractivity contribution is 0.0981. The van der Waals surface area contributed by atoms with E-state index in [0.717, 1.165) is 12.3 Å². The van der Waals surface area contributed by atoms with Crippen LogP contribution >= 0.6 is 0 Å². The molecule has 86 valence electrons. The summed E-state index contributed by atoms with van der Waals surface area (Å²) in [6, 6.07) is 0.603. The fourth-order valence-electron chi connectivity index (χ4n) is 1.93. The van der Waals surface area contributed by atoms with Crippen LogP contribution in [0.1, 0.15) is 46.5 Å². The van der Waals surface area contributed by atoms with Gasteiger partial charge in [0.1, 0.15) is 0 Å². The highest BCUT2D eigenvalue weighted by Gasteiger charge is 2.13. The van der Waals surface area contributed by atoms with Crippen molar-refractivity contribution >= 4 is 0 Å². The van der Waals surface area contributed by atoms with Crippen LogP contribution in [0.5, 0.6) is 0 Å². The maximum Gasteiger partial charge on any atom is 0.0558 e. The molecular weight excluding hydrogens is 174 g/mol. The highest BCUT2D eigenvalue weighted by Crippen LogP contribution is 2.15. The molecule has 0 amide bonds. The second-order valence-corrected chi connectivity index (χ2v) is 4.40.